The van der Waals surface area contributed by atoms with Gasteiger partial charge in [-0.2, -0.15) is 8.42 Å². The van der Waals surface area contributed by atoms with Crippen LogP contribution in [0.25, 0.3) is 6.08 Å². The number of anilines is 1. The summed E-state index contributed by atoms with van der Waals surface area (Å²) >= 11 is 6.30. The molecule has 178 valence electrons. The zero-order valence-corrected chi connectivity index (χ0v) is 19.7. The van der Waals surface area contributed by atoms with Crippen molar-refractivity contribution in [3.05, 3.63) is 89.0 Å². The molecule has 11 heteroatoms. The number of ether oxygens (including phenoxy) is 1. The first-order valence-corrected chi connectivity index (χ1v) is 11.8. The van der Waals surface area contributed by atoms with E-state index in [0.717, 1.165) is 4.90 Å². The van der Waals surface area contributed by atoms with Crippen LogP contribution in [0.2, 0.25) is 5.02 Å². The smallest absolute Gasteiger partial charge is 0.339 e. The lowest BCUT2D eigenvalue weighted by Crippen LogP contribution is -2.54. The largest absolute Gasteiger partial charge is 0.493 e. The van der Waals surface area contributed by atoms with Gasteiger partial charge in [-0.25, -0.2) is 9.69 Å². The topological polar surface area (TPSA) is 119 Å². The van der Waals surface area contributed by atoms with Gasteiger partial charge in [-0.1, -0.05) is 48.0 Å². The fourth-order valence-corrected chi connectivity index (χ4v) is 4.57. The van der Waals surface area contributed by atoms with Crippen molar-refractivity contribution < 1.29 is 31.7 Å². The molecule has 1 N–H and O–H groups in total. The molecule has 9 nitrogen and oxygen atoms in total. The van der Waals surface area contributed by atoms with Crippen molar-refractivity contribution in [3.8, 4) is 11.5 Å². The Hall–Kier alpha value is -4.15. The van der Waals surface area contributed by atoms with Crippen LogP contribution in [0.15, 0.2) is 83.3 Å². The van der Waals surface area contributed by atoms with Crippen molar-refractivity contribution in [2.75, 3.05) is 12.0 Å². The van der Waals surface area contributed by atoms with E-state index in [1.165, 1.54) is 37.5 Å². The van der Waals surface area contributed by atoms with Crippen molar-refractivity contribution in [1.82, 2.24) is 5.32 Å². The normalized spacial score (nSPS) is 15.2. The summed E-state index contributed by atoms with van der Waals surface area (Å²) in [6, 6.07) is 17.3. The van der Waals surface area contributed by atoms with E-state index >= 15 is 0 Å². The van der Waals surface area contributed by atoms with E-state index < -0.39 is 28.0 Å². The Morgan fingerprint density at radius 2 is 1.57 bits per heavy atom. The fraction of sp³-hybridized carbons (Fsp3) is 0.0417. The highest BCUT2D eigenvalue weighted by molar-refractivity contribution is 7.87. The highest BCUT2D eigenvalue weighted by Gasteiger charge is 2.36. The van der Waals surface area contributed by atoms with Gasteiger partial charge in [-0.05, 0) is 48.0 Å². The molecular weight excluding hydrogens is 496 g/mol. The second-order valence-electron chi connectivity index (χ2n) is 7.18. The van der Waals surface area contributed by atoms with Gasteiger partial charge in [0.25, 0.3) is 11.8 Å². The highest BCUT2D eigenvalue weighted by Crippen LogP contribution is 2.39. The van der Waals surface area contributed by atoms with Gasteiger partial charge in [0.15, 0.2) is 5.75 Å². The zero-order chi connectivity index (χ0) is 25.2. The summed E-state index contributed by atoms with van der Waals surface area (Å²) in [7, 11) is -2.94. The minimum absolute atomic E-state index is 0.0523. The first-order chi connectivity index (χ1) is 16.7. The number of hydrogen-bond acceptors (Lipinski definition) is 7. The van der Waals surface area contributed by atoms with Gasteiger partial charge in [-0.3, -0.25) is 14.9 Å². The Labute approximate surface area is 205 Å². The lowest BCUT2D eigenvalue weighted by atomic mass is 10.1. The standard InChI is InChI=1S/C24H17ClN2O7S/c1-33-20-14-15(13-19(25)21(20)34-35(31,32)17-10-6-3-7-11-17)12-18-22(28)26-24(30)27(23(18)29)16-8-4-2-5-9-16/h2-14H,1H3,(H,26,28,30)/b18-12+. The number of halogens is 1. The molecule has 1 saturated heterocycles. The van der Waals surface area contributed by atoms with Crippen molar-refractivity contribution in [3.63, 3.8) is 0 Å². The number of benzene rings is 3. The Bertz CT molecular complexity index is 1460. The molecule has 0 radical (unpaired) electrons. The van der Waals surface area contributed by atoms with Gasteiger partial charge in [0.05, 0.1) is 17.8 Å². The van der Waals surface area contributed by atoms with Gasteiger partial charge >= 0.3 is 16.1 Å². The second-order valence-corrected chi connectivity index (χ2v) is 9.13. The second kappa shape index (κ2) is 9.61. The summed E-state index contributed by atoms with van der Waals surface area (Å²) in [5.41, 5.74) is 0.174. The van der Waals surface area contributed by atoms with Crippen LogP contribution in [0.4, 0.5) is 10.5 Å². The first-order valence-electron chi connectivity index (χ1n) is 10.0. The third kappa shape index (κ3) is 4.88. The third-order valence-electron chi connectivity index (χ3n) is 4.90. The number of para-hydroxylation sites is 1. The maximum absolute atomic E-state index is 13.0. The van der Waals surface area contributed by atoms with Crippen LogP contribution < -0.4 is 19.1 Å². The summed E-state index contributed by atoms with van der Waals surface area (Å²) < 4.78 is 35.7. The predicted molar refractivity (Wildman–Crippen MR) is 128 cm³/mol. The SMILES string of the molecule is COc1cc(/C=C2\C(=O)NC(=O)N(c3ccccc3)C2=O)cc(Cl)c1OS(=O)(=O)c1ccccc1. The molecule has 4 amide bonds. The van der Waals surface area contributed by atoms with Gasteiger partial charge in [0, 0.05) is 0 Å². The van der Waals surface area contributed by atoms with Gasteiger partial charge in [0.2, 0.25) is 5.75 Å². The highest BCUT2D eigenvalue weighted by atomic mass is 35.5. The number of methoxy groups -OCH3 is 1. The average molecular weight is 513 g/mol. The van der Waals surface area contributed by atoms with Crippen LogP contribution in [-0.2, 0) is 19.7 Å². The molecule has 0 bridgehead atoms. The molecule has 3 aromatic rings. The van der Waals surface area contributed by atoms with E-state index in [2.05, 4.69) is 5.32 Å². The van der Waals surface area contributed by atoms with E-state index in [4.69, 9.17) is 20.5 Å². The minimum atomic E-state index is -4.21. The summed E-state index contributed by atoms with van der Waals surface area (Å²) in [5.74, 6) is -2.05. The molecule has 35 heavy (non-hydrogen) atoms. The van der Waals surface area contributed by atoms with E-state index in [0.29, 0.717) is 0 Å². The lowest BCUT2D eigenvalue weighted by Gasteiger charge is -2.26. The molecule has 1 aliphatic heterocycles. The molecular formula is C24H17ClN2O7S. The molecule has 0 aliphatic carbocycles. The first kappa shape index (κ1) is 24.0. The summed E-state index contributed by atoms with van der Waals surface area (Å²) in [6.45, 7) is 0. The Morgan fingerprint density at radius 3 is 2.20 bits per heavy atom. The number of imide groups is 2. The zero-order valence-electron chi connectivity index (χ0n) is 18.1. The summed E-state index contributed by atoms with van der Waals surface area (Å²) in [5, 5.41) is 1.98. The van der Waals surface area contributed by atoms with Crippen molar-refractivity contribution in [2.24, 2.45) is 0 Å². The molecule has 0 unspecified atom stereocenters. The Balaban J connectivity index is 1.71. The predicted octanol–water partition coefficient (Wildman–Crippen LogP) is 3.78. The van der Waals surface area contributed by atoms with Crippen LogP contribution in [0.5, 0.6) is 11.5 Å². The number of nitrogens with zero attached hydrogens (tertiary/aromatic N) is 1. The van der Waals surface area contributed by atoms with Crippen LogP contribution in [0.3, 0.4) is 0 Å². The molecule has 0 atom stereocenters. The molecule has 0 saturated carbocycles. The van der Waals surface area contributed by atoms with Crippen LogP contribution in [-0.4, -0.2) is 33.4 Å². The maximum atomic E-state index is 13.0. The molecule has 4 rings (SSSR count). The minimum Gasteiger partial charge on any atom is -0.493 e. The van der Waals surface area contributed by atoms with E-state index in [-0.39, 0.29) is 38.2 Å². The molecule has 1 heterocycles. The number of barbiturate groups is 1. The van der Waals surface area contributed by atoms with Crippen molar-refractivity contribution >= 4 is 51.3 Å². The molecule has 3 aromatic carbocycles. The maximum Gasteiger partial charge on any atom is 0.339 e. The monoisotopic (exact) mass is 512 g/mol. The fourth-order valence-electron chi connectivity index (χ4n) is 3.28. The van der Waals surface area contributed by atoms with Crippen LogP contribution >= 0.6 is 11.6 Å². The summed E-state index contributed by atoms with van der Waals surface area (Å²) in [4.78, 5) is 38.5. The number of urea groups is 1. The van der Waals surface area contributed by atoms with Crippen molar-refractivity contribution in [2.45, 2.75) is 4.90 Å². The number of carbonyl (C=O) groups is 3. The molecule has 0 spiro atoms. The lowest BCUT2D eigenvalue weighted by molar-refractivity contribution is -0.122. The van der Waals surface area contributed by atoms with Gasteiger partial charge in [0.1, 0.15) is 10.5 Å². The van der Waals surface area contributed by atoms with Crippen LogP contribution in [0, 0.1) is 0 Å². The number of amides is 4. The number of hydrogen-bond donors (Lipinski definition) is 1. The van der Waals surface area contributed by atoms with Crippen molar-refractivity contribution in [1.29, 1.82) is 0 Å². The quantitative estimate of drug-likeness (QED) is 0.303. The Morgan fingerprint density at radius 1 is 0.943 bits per heavy atom. The van der Waals surface area contributed by atoms with Gasteiger partial charge in [-0.15, -0.1) is 0 Å². The molecule has 1 aliphatic rings. The number of nitrogens with one attached hydrogen (secondary N) is 1. The number of rotatable bonds is 6. The summed E-state index contributed by atoms with van der Waals surface area (Å²) in [6.07, 6.45) is 1.21. The average Bonchev–Trinajstić information content (AvgIpc) is 2.84. The number of carbonyl (C=O) groups excluding carboxylic acids is 3. The third-order valence-corrected chi connectivity index (χ3v) is 6.42. The molecule has 1 fully saturated rings. The van der Waals surface area contributed by atoms with E-state index in [1.807, 2.05) is 0 Å². The van der Waals surface area contributed by atoms with Crippen LogP contribution in [0.1, 0.15) is 5.56 Å². The van der Waals surface area contributed by atoms with Gasteiger partial charge < -0.3 is 8.92 Å². The Kier molecular flexibility index (Phi) is 6.59. The van der Waals surface area contributed by atoms with E-state index in [9.17, 15) is 22.8 Å². The molecule has 0 aromatic heterocycles. The van der Waals surface area contributed by atoms with E-state index in [1.54, 1.807) is 48.5 Å².